The average Bonchev–Trinajstić information content (AvgIpc) is 3.03. The van der Waals surface area contributed by atoms with Crippen LogP contribution in [0.5, 0.6) is 0 Å². The van der Waals surface area contributed by atoms with Crippen LogP contribution in [0.25, 0.3) is 10.2 Å². The Labute approximate surface area is 123 Å². The SMILES string of the molecule is CCCC1CC1Nc1nc(NN)nc2sc(CC)cc12. The van der Waals surface area contributed by atoms with E-state index in [4.69, 9.17) is 5.84 Å². The van der Waals surface area contributed by atoms with Gasteiger partial charge in [-0.05, 0) is 31.2 Å². The number of hydrogen-bond acceptors (Lipinski definition) is 6. The van der Waals surface area contributed by atoms with Gasteiger partial charge in [-0.25, -0.2) is 10.8 Å². The van der Waals surface area contributed by atoms with Gasteiger partial charge in [-0.15, -0.1) is 11.3 Å². The zero-order valence-electron chi connectivity index (χ0n) is 11.9. The summed E-state index contributed by atoms with van der Waals surface area (Å²) >= 11 is 1.71. The van der Waals surface area contributed by atoms with Crippen LogP contribution >= 0.6 is 11.3 Å². The molecule has 5 nitrogen and oxygen atoms in total. The molecular formula is C14H21N5S. The van der Waals surface area contributed by atoms with Crippen molar-refractivity contribution in [2.45, 2.75) is 45.6 Å². The molecule has 0 amide bonds. The van der Waals surface area contributed by atoms with E-state index < -0.39 is 0 Å². The van der Waals surface area contributed by atoms with Crippen LogP contribution in [-0.4, -0.2) is 16.0 Å². The van der Waals surface area contributed by atoms with Crippen LogP contribution in [0.4, 0.5) is 11.8 Å². The lowest BCUT2D eigenvalue weighted by Crippen LogP contribution is -2.13. The Morgan fingerprint density at radius 2 is 2.25 bits per heavy atom. The first-order valence-corrected chi connectivity index (χ1v) is 8.10. The fourth-order valence-corrected chi connectivity index (χ4v) is 3.58. The lowest BCUT2D eigenvalue weighted by atomic mass is 10.2. The maximum absolute atomic E-state index is 5.47. The molecule has 1 aliphatic carbocycles. The number of rotatable bonds is 6. The van der Waals surface area contributed by atoms with E-state index in [0.29, 0.717) is 12.0 Å². The van der Waals surface area contributed by atoms with Gasteiger partial charge in [0.2, 0.25) is 5.95 Å². The van der Waals surface area contributed by atoms with E-state index in [2.05, 4.69) is 40.6 Å². The second kappa shape index (κ2) is 5.54. The van der Waals surface area contributed by atoms with E-state index in [-0.39, 0.29) is 0 Å². The van der Waals surface area contributed by atoms with Crippen molar-refractivity contribution in [1.82, 2.24) is 9.97 Å². The highest BCUT2D eigenvalue weighted by Crippen LogP contribution is 2.39. The topological polar surface area (TPSA) is 75.9 Å². The number of aryl methyl sites for hydroxylation is 1. The summed E-state index contributed by atoms with van der Waals surface area (Å²) in [5, 5.41) is 4.68. The quantitative estimate of drug-likeness (QED) is 0.563. The Hall–Kier alpha value is -1.40. The predicted molar refractivity (Wildman–Crippen MR) is 85.0 cm³/mol. The molecule has 2 heterocycles. The molecule has 0 aromatic carbocycles. The molecule has 0 aliphatic heterocycles. The smallest absolute Gasteiger partial charge is 0.240 e. The van der Waals surface area contributed by atoms with Crippen molar-refractivity contribution in [3.63, 3.8) is 0 Å². The Kier molecular flexibility index (Phi) is 3.76. The predicted octanol–water partition coefficient (Wildman–Crippen LogP) is 3.14. The molecule has 2 aromatic rings. The Balaban J connectivity index is 1.89. The van der Waals surface area contributed by atoms with Gasteiger partial charge in [-0.3, -0.25) is 5.43 Å². The molecule has 4 N–H and O–H groups in total. The van der Waals surface area contributed by atoms with Gasteiger partial charge in [-0.1, -0.05) is 20.3 Å². The number of nitrogens with zero attached hydrogens (tertiary/aromatic N) is 2. The third-order valence-electron chi connectivity index (χ3n) is 3.83. The van der Waals surface area contributed by atoms with E-state index in [0.717, 1.165) is 28.4 Å². The van der Waals surface area contributed by atoms with Crippen LogP contribution in [0.1, 0.15) is 38.0 Å². The third-order valence-corrected chi connectivity index (χ3v) is 5.00. The van der Waals surface area contributed by atoms with Crippen molar-refractivity contribution in [1.29, 1.82) is 0 Å². The Morgan fingerprint density at radius 1 is 1.40 bits per heavy atom. The first kappa shape index (κ1) is 13.6. The monoisotopic (exact) mass is 291 g/mol. The van der Waals surface area contributed by atoms with Crippen LogP contribution in [0.2, 0.25) is 0 Å². The molecule has 6 heteroatoms. The van der Waals surface area contributed by atoms with Gasteiger partial charge in [0.05, 0.1) is 5.39 Å². The summed E-state index contributed by atoms with van der Waals surface area (Å²) < 4.78 is 0. The van der Waals surface area contributed by atoms with Crippen molar-refractivity contribution in [3.05, 3.63) is 10.9 Å². The van der Waals surface area contributed by atoms with Gasteiger partial charge < -0.3 is 5.32 Å². The molecule has 2 unspecified atom stereocenters. The number of nitrogen functional groups attached to an aromatic ring is 1. The average molecular weight is 291 g/mol. The highest BCUT2D eigenvalue weighted by atomic mass is 32.1. The molecule has 0 radical (unpaired) electrons. The lowest BCUT2D eigenvalue weighted by molar-refractivity contribution is 0.692. The minimum atomic E-state index is 0.484. The molecule has 20 heavy (non-hydrogen) atoms. The molecule has 1 aliphatic rings. The maximum Gasteiger partial charge on any atom is 0.240 e. The first-order chi connectivity index (χ1) is 9.75. The van der Waals surface area contributed by atoms with Crippen molar-refractivity contribution >= 4 is 33.3 Å². The highest BCUT2D eigenvalue weighted by Gasteiger charge is 2.36. The molecule has 2 aromatic heterocycles. The highest BCUT2D eigenvalue weighted by molar-refractivity contribution is 7.18. The fraction of sp³-hybridized carbons (Fsp3) is 0.571. The molecule has 0 spiro atoms. The summed E-state index contributed by atoms with van der Waals surface area (Å²) in [6.07, 6.45) is 4.80. The minimum Gasteiger partial charge on any atom is -0.366 e. The molecule has 0 saturated heterocycles. The molecule has 0 bridgehead atoms. The normalized spacial score (nSPS) is 21.1. The summed E-state index contributed by atoms with van der Waals surface area (Å²) in [4.78, 5) is 11.3. The van der Waals surface area contributed by atoms with Crippen LogP contribution in [0.15, 0.2) is 6.07 Å². The van der Waals surface area contributed by atoms with E-state index in [1.165, 1.54) is 24.1 Å². The van der Waals surface area contributed by atoms with Gasteiger partial charge in [0.1, 0.15) is 10.6 Å². The summed E-state index contributed by atoms with van der Waals surface area (Å²) in [5.74, 6) is 7.67. The van der Waals surface area contributed by atoms with Gasteiger partial charge >= 0.3 is 0 Å². The van der Waals surface area contributed by atoms with Crippen molar-refractivity contribution in [2.24, 2.45) is 11.8 Å². The van der Waals surface area contributed by atoms with E-state index in [1.807, 2.05) is 0 Å². The number of thiophene rings is 1. The molecule has 1 fully saturated rings. The molecule has 2 atom stereocenters. The van der Waals surface area contributed by atoms with Crippen LogP contribution in [0, 0.1) is 5.92 Å². The fourth-order valence-electron chi connectivity index (χ4n) is 2.61. The number of nitrogens with two attached hydrogens (primary N) is 1. The van der Waals surface area contributed by atoms with Crippen LogP contribution in [0.3, 0.4) is 0 Å². The van der Waals surface area contributed by atoms with E-state index in [9.17, 15) is 0 Å². The van der Waals surface area contributed by atoms with Crippen molar-refractivity contribution in [2.75, 3.05) is 10.7 Å². The molecule has 1 saturated carbocycles. The number of hydrogen-bond donors (Lipinski definition) is 3. The largest absolute Gasteiger partial charge is 0.366 e. The minimum absolute atomic E-state index is 0.484. The number of aromatic nitrogens is 2. The summed E-state index contributed by atoms with van der Waals surface area (Å²) in [5.41, 5.74) is 2.56. The van der Waals surface area contributed by atoms with Crippen LogP contribution in [-0.2, 0) is 6.42 Å². The molecule has 108 valence electrons. The van der Waals surface area contributed by atoms with Gasteiger partial charge in [0, 0.05) is 10.9 Å². The number of nitrogens with one attached hydrogen (secondary N) is 2. The standard InChI is InChI=1S/C14H21N5S/c1-3-5-8-6-11(8)16-12-10-7-9(4-2)20-13(10)18-14(17-12)19-15/h7-8,11H,3-6,15H2,1-2H3,(H2,16,17,18,19). The Bertz CT molecular complexity index is 609. The van der Waals surface area contributed by atoms with Gasteiger partial charge in [0.25, 0.3) is 0 Å². The second-order valence-electron chi connectivity index (χ2n) is 5.36. The Morgan fingerprint density at radius 3 is 2.95 bits per heavy atom. The maximum atomic E-state index is 5.47. The van der Waals surface area contributed by atoms with Gasteiger partial charge in [-0.2, -0.15) is 4.98 Å². The zero-order chi connectivity index (χ0) is 14.1. The number of fused-ring (bicyclic) bond motifs is 1. The van der Waals surface area contributed by atoms with Crippen molar-refractivity contribution < 1.29 is 0 Å². The number of hydrazine groups is 1. The lowest BCUT2D eigenvalue weighted by Gasteiger charge is -2.08. The summed E-state index contributed by atoms with van der Waals surface area (Å²) in [6, 6.07) is 2.75. The summed E-state index contributed by atoms with van der Waals surface area (Å²) in [7, 11) is 0. The second-order valence-corrected chi connectivity index (χ2v) is 6.48. The van der Waals surface area contributed by atoms with Crippen LogP contribution < -0.4 is 16.6 Å². The number of anilines is 2. The summed E-state index contributed by atoms with van der Waals surface area (Å²) in [6.45, 7) is 4.40. The van der Waals surface area contributed by atoms with Crippen molar-refractivity contribution in [3.8, 4) is 0 Å². The van der Waals surface area contributed by atoms with E-state index in [1.54, 1.807) is 11.3 Å². The first-order valence-electron chi connectivity index (χ1n) is 7.28. The molecular weight excluding hydrogens is 270 g/mol. The van der Waals surface area contributed by atoms with E-state index >= 15 is 0 Å². The molecule has 3 rings (SSSR count). The van der Waals surface area contributed by atoms with Gasteiger partial charge in [0.15, 0.2) is 0 Å². The third kappa shape index (κ3) is 2.58. The zero-order valence-corrected chi connectivity index (χ0v) is 12.8.